The van der Waals surface area contributed by atoms with E-state index >= 15 is 0 Å². The zero-order valence-corrected chi connectivity index (χ0v) is 9.96. The first-order valence-electron chi connectivity index (χ1n) is 5.60. The average Bonchev–Trinajstić information content (AvgIpc) is 2.46. The van der Waals surface area contributed by atoms with Crippen LogP contribution in [0.3, 0.4) is 0 Å². The lowest BCUT2D eigenvalue weighted by Gasteiger charge is -1.99. The highest BCUT2D eigenvalue weighted by Crippen LogP contribution is 2.10. The molecule has 2 aromatic rings. The summed E-state index contributed by atoms with van der Waals surface area (Å²) in [6.07, 6.45) is 0.526. The molecule has 3 nitrogen and oxygen atoms in total. The molecule has 0 saturated heterocycles. The first-order valence-corrected chi connectivity index (χ1v) is 5.60. The second-order valence-electron chi connectivity index (χ2n) is 3.84. The lowest BCUT2D eigenvalue weighted by atomic mass is 10.0. The van der Waals surface area contributed by atoms with Gasteiger partial charge in [-0.25, -0.2) is 4.79 Å². The third kappa shape index (κ3) is 3.08. The molecule has 0 atom stereocenters. The van der Waals surface area contributed by atoms with Gasteiger partial charge in [-0.15, -0.1) is 0 Å². The van der Waals surface area contributed by atoms with Crippen molar-refractivity contribution < 1.29 is 14.7 Å². The second-order valence-corrected chi connectivity index (χ2v) is 3.84. The van der Waals surface area contributed by atoms with Crippen molar-refractivity contribution in [1.29, 1.82) is 0 Å². The summed E-state index contributed by atoms with van der Waals surface area (Å²) in [5.74, 6) is 4.68. The number of carbonyl (C=O) groups excluding carboxylic acids is 1. The van der Waals surface area contributed by atoms with Gasteiger partial charge in [-0.2, -0.15) is 0 Å². The summed E-state index contributed by atoms with van der Waals surface area (Å²) in [6, 6.07) is 13.9. The number of aromatic carboxylic acids is 1. The van der Waals surface area contributed by atoms with Crippen molar-refractivity contribution in [1.82, 2.24) is 0 Å². The molecule has 0 aliphatic rings. The van der Waals surface area contributed by atoms with Crippen LogP contribution in [-0.2, 0) is 0 Å². The molecular weight excluding hydrogens is 240 g/mol. The third-order valence-corrected chi connectivity index (χ3v) is 2.54. The van der Waals surface area contributed by atoms with Crippen LogP contribution in [0.25, 0.3) is 0 Å². The minimum atomic E-state index is -1.13. The van der Waals surface area contributed by atoms with Crippen LogP contribution in [-0.4, -0.2) is 17.4 Å². The van der Waals surface area contributed by atoms with Crippen molar-refractivity contribution in [3.05, 3.63) is 70.8 Å². The molecule has 2 aromatic carbocycles. The summed E-state index contributed by atoms with van der Waals surface area (Å²) >= 11 is 0. The predicted octanol–water partition coefficient (Wildman–Crippen LogP) is 2.60. The number of aldehydes is 1. The van der Waals surface area contributed by atoms with Crippen molar-refractivity contribution in [2.45, 2.75) is 0 Å². The summed E-state index contributed by atoms with van der Waals surface area (Å²) in [4.78, 5) is 21.7. The highest BCUT2D eigenvalue weighted by atomic mass is 16.4. The van der Waals surface area contributed by atoms with Crippen LogP contribution in [0.15, 0.2) is 48.5 Å². The van der Waals surface area contributed by atoms with Gasteiger partial charge in [0.05, 0.1) is 5.56 Å². The largest absolute Gasteiger partial charge is 0.478 e. The van der Waals surface area contributed by atoms with E-state index in [1.54, 1.807) is 6.07 Å². The number of carboxylic acid groups (broad SMARTS) is 1. The molecule has 0 unspecified atom stereocenters. The number of rotatable bonds is 2. The van der Waals surface area contributed by atoms with Gasteiger partial charge in [0.15, 0.2) is 6.29 Å². The van der Waals surface area contributed by atoms with Crippen molar-refractivity contribution in [2.75, 3.05) is 0 Å². The fourth-order valence-corrected chi connectivity index (χ4v) is 1.59. The van der Waals surface area contributed by atoms with Crippen molar-refractivity contribution in [3.63, 3.8) is 0 Å². The minimum Gasteiger partial charge on any atom is -0.478 e. The Balaban J connectivity index is 2.38. The number of hydrogen-bond acceptors (Lipinski definition) is 2. The van der Waals surface area contributed by atoms with E-state index in [1.807, 2.05) is 30.3 Å². The van der Waals surface area contributed by atoms with Gasteiger partial charge in [-0.3, -0.25) is 4.79 Å². The van der Waals surface area contributed by atoms with Gasteiger partial charge >= 0.3 is 5.97 Å². The van der Waals surface area contributed by atoms with E-state index in [4.69, 9.17) is 5.11 Å². The topological polar surface area (TPSA) is 54.4 Å². The van der Waals surface area contributed by atoms with Gasteiger partial charge in [0, 0.05) is 16.7 Å². The normalized spacial score (nSPS) is 9.26. The Morgan fingerprint density at radius 2 is 1.68 bits per heavy atom. The molecule has 0 spiro atoms. The van der Waals surface area contributed by atoms with Gasteiger partial charge in [0.1, 0.15) is 0 Å². The van der Waals surface area contributed by atoms with E-state index < -0.39 is 5.97 Å². The molecule has 2 rings (SSSR count). The number of carbonyl (C=O) groups is 2. The van der Waals surface area contributed by atoms with Gasteiger partial charge in [0.2, 0.25) is 0 Å². The Morgan fingerprint density at radius 1 is 1.00 bits per heavy atom. The van der Waals surface area contributed by atoms with Crippen LogP contribution in [0, 0.1) is 11.8 Å². The average molecular weight is 250 g/mol. The first kappa shape index (κ1) is 12.6. The highest BCUT2D eigenvalue weighted by Gasteiger charge is 2.09. The van der Waals surface area contributed by atoms with Gasteiger partial charge < -0.3 is 5.11 Å². The van der Waals surface area contributed by atoms with E-state index in [9.17, 15) is 9.59 Å². The smallest absolute Gasteiger partial charge is 0.336 e. The standard InChI is InChI=1S/C16H10O3/c17-11-14-9-8-13(10-15(14)16(18)19)7-6-12-4-2-1-3-5-12/h1-5,8-11H,(H,18,19). The van der Waals surface area contributed by atoms with E-state index in [1.165, 1.54) is 12.1 Å². The molecule has 0 fully saturated rings. The van der Waals surface area contributed by atoms with Crippen LogP contribution < -0.4 is 0 Å². The highest BCUT2D eigenvalue weighted by molar-refractivity contribution is 5.97. The quantitative estimate of drug-likeness (QED) is 0.658. The Kier molecular flexibility index (Phi) is 3.75. The Morgan fingerprint density at radius 3 is 2.32 bits per heavy atom. The first-order chi connectivity index (χ1) is 9.20. The van der Waals surface area contributed by atoms with Gasteiger partial charge in [0.25, 0.3) is 0 Å². The summed E-state index contributed by atoms with van der Waals surface area (Å²) in [5, 5.41) is 9.00. The Labute approximate surface area is 110 Å². The van der Waals surface area contributed by atoms with E-state index in [-0.39, 0.29) is 11.1 Å². The van der Waals surface area contributed by atoms with E-state index in [2.05, 4.69) is 11.8 Å². The molecule has 0 aliphatic heterocycles. The van der Waals surface area contributed by atoms with Crippen LogP contribution in [0.4, 0.5) is 0 Å². The summed E-state index contributed by atoms with van der Waals surface area (Å²) in [5.41, 5.74) is 1.53. The van der Waals surface area contributed by atoms with Crippen LogP contribution in [0.1, 0.15) is 31.8 Å². The maximum atomic E-state index is 11.0. The maximum Gasteiger partial charge on any atom is 0.336 e. The van der Waals surface area contributed by atoms with Crippen molar-refractivity contribution in [2.24, 2.45) is 0 Å². The van der Waals surface area contributed by atoms with Crippen molar-refractivity contribution >= 4 is 12.3 Å². The summed E-state index contributed by atoms with van der Waals surface area (Å²) < 4.78 is 0. The molecular formula is C16H10O3. The minimum absolute atomic E-state index is 0.0325. The molecule has 0 radical (unpaired) electrons. The fraction of sp³-hybridized carbons (Fsp3) is 0. The summed E-state index contributed by atoms with van der Waals surface area (Å²) in [7, 11) is 0. The summed E-state index contributed by atoms with van der Waals surface area (Å²) in [6.45, 7) is 0. The van der Waals surface area contributed by atoms with Crippen molar-refractivity contribution in [3.8, 4) is 11.8 Å². The van der Waals surface area contributed by atoms with Gasteiger partial charge in [-0.05, 0) is 30.3 Å². The SMILES string of the molecule is O=Cc1ccc(C#Cc2ccccc2)cc1C(=O)O. The van der Waals surface area contributed by atoms with Crippen LogP contribution in [0.5, 0.6) is 0 Å². The monoisotopic (exact) mass is 250 g/mol. The number of hydrogen-bond donors (Lipinski definition) is 1. The molecule has 0 aromatic heterocycles. The van der Waals surface area contributed by atoms with E-state index in [0.717, 1.165) is 5.56 Å². The fourth-order valence-electron chi connectivity index (χ4n) is 1.59. The molecule has 0 bridgehead atoms. The molecule has 3 heteroatoms. The predicted molar refractivity (Wildman–Crippen MR) is 71.2 cm³/mol. The zero-order valence-electron chi connectivity index (χ0n) is 9.96. The molecule has 0 saturated carbocycles. The molecule has 19 heavy (non-hydrogen) atoms. The molecule has 0 heterocycles. The third-order valence-electron chi connectivity index (χ3n) is 2.54. The number of benzene rings is 2. The van der Waals surface area contributed by atoms with Gasteiger partial charge in [-0.1, -0.05) is 30.0 Å². The Hall–Kier alpha value is -2.86. The molecule has 92 valence electrons. The second kappa shape index (κ2) is 5.65. The lowest BCUT2D eigenvalue weighted by Crippen LogP contribution is -2.02. The van der Waals surface area contributed by atoms with Crippen LogP contribution >= 0.6 is 0 Å². The molecule has 1 N–H and O–H groups in total. The molecule has 0 amide bonds. The molecule has 0 aliphatic carbocycles. The van der Waals surface area contributed by atoms with E-state index in [0.29, 0.717) is 11.8 Å². The Bertz CT molecular complexity index is 676. The van der Waals surface area contributed by atoms with Crippen LogP contribution in [0.2, 0.25) is 0 Å². The lowest BCUT2D eigenvalue weighted by molar-refractivity contribution is 0.0694. The maximum absolute atomic E-state index is 11.0. The zero-order chi connectivity index (χ0) is 13.7. The number of carboxylic acids is 1.